The lowest BCUT2D eigenvalue weighted by atomic mass is 9.89. The van der Waals surface area contributed by atoms with Gasteiger partial charge < -0.3 is 10.6 Å². The molecule has 22 heavy (non-hydrogen) atoms. The maximum atomic E-state index is 12.9. The van der Waals surface area contributed by atoms with Crippen molar-refractivity contribution in [2.45, 2.75) is 45.6 Å². The van der Waals surface area contributed by atoms with Gasteiger partial charge >= 0.3 is 0 Å². The van der Waals surface area contributed by atoms with E-state index in [0.29, 0.717) is 11.8 Å². The Balaban J connectivity index is 2.04. The summed E-state index contributed by atoms with van der Waals surface area (Å²) < 4.78 is 1.09. The minimum atomic E-state index is 0.0607. The molecule has 2 N–H and O–H groups in total. The Morgan fingerprint density at radius 3 is 2.82 bits per heavy atom. The molecule has 4 heteroatoms. The smallest absolute Gasteiger partial charge is 0.226 e. The molecular weight excluding hydrogens is 340 g/mol. The Bertz CT molecular complexity index is 504. The minimum absolute atomic E-state index is 0.0607. The number of halogens is 1. The van der Waals surface area contributed by atoms with Crippen molar-refractivity contribution in [1.29, 1.82) is 0 Å². The van der Waals surface area contributed by atoms with Crippen LogP contribution in [0.2, 0.25) is 0 Å². The molecule has 0 bridgehead atoms. The van der Waals surface area contributed by atoms with Crippen molar-refractivity contribution in [2.75, 3.05) is 13.1 Å². The highest BCUT2D eigenvalue weighted by Crippen LogP contribution is 2.25. The van der Waals surface area contributed by atoms with E-state index in [0.717, 1.165) is 43.2 Å². The van der Waals surface area contributed by atoms with Gasteiger partial charge in [0.1, 0.15) is 0 Å². The van der Waals surface area contributed by atoms with E-state index in [2.05, 4.69) is 35.8 Å². The fourth-order valence-corrected chi connectivity index (χ4v) is 3.68. The second-order valence-corrected chi connectivity index (χ2v) is 7.30. The average Bonchev–Trinajstić information content (AvgIpc) is 2.53. The lowest BCUT2D eigenvalue weighted by Gasteiger charge is -2.36. The van der Waals surface area contributed by atoms with Gasteiger partial charge in [0.05, 0.1) is 0 Å². The summed E-state index contributed by atoms with van der Waals surface area (Å²) in [6, 6.07) is 8.35. The summed E-state index contributed by atoms with van der Waals surface area (Å²) in [6.45, 7) is 5.86. The molecule has 3 atom stereocenters. The number of carbonyl (C=O) groups is 1. The molecule has 1 fully saturated rings. The molecule has 0 spiro atoms. The topological polar surface area (TPSA) is 46.3 Å². The van der Waals surface area contributed by atoms with Crippen LogP contribution in [0.5, 0.6) is 0 Å². The van der Waals surface area contributed by atoms with Gasteiger partial charge in [0.25, 0.3) is 0 Å². The maximum Gasteiger partial charge on any atom is 0.226 e. The van der Waals surface area contributed by atoms with Gasteiger partial charge in [0.2, 0.25) is 5.91 Å². The normalized spacial score (nSPS) is 21.5. The van der Waals surface area contributed by atoms with Crippen molar-refractivity contribution >= 4 is 21.8 Å². The highest BCUT2D eigenvalue weighted by atomic mass is 79.9. The van der Waals surface area contributed by atoms with E-state index in [4.69, 9.17) is 5.73 Å². The van der Waals surface area contributed by atoms with E-state index in [-0.39, 0.29) is 12.0 Å². The lowest BCUT2D eigenvalue weighted by molar-refractivity contribution is -0.137. The zero-order chi connectivity index (χ0) is 16.1. The lowest BCUT2D eigenvalue weighted by Crippen LogP contribution is -2.47. The molecule has 1 saturated heterocycles. The number of carbonyl (C=O) groups excluding carboxylic acids is 1. The molecule has 1 aliphatic rings. The first-order valence-electron chi connectivity index (χ1n) is 8.30. The van der Waals surface area contributed by atoms with Gasteiger partial charge in [-0.15, -0.1) is 0 Å². The fourth-order valence-electron chi connectivity index (χ4n) is 3.23. The second kappa shape index (κ2) is 8.11. The Morgan fingerprint density at radius 1 is 1.45 bits per heavy atom. The molecule has 0 radical (unpaired) electrons. The van der Waals surface area contributed by atoms with Crippen LogP contribution < -0.4 is 5.73 Å². The van der Waals surface area contributed by atoms with Gasteiger partial charge in [-0.3, -0.25) is 4.79 Å². The highest BCUT2D eigenvalue weighted by Gasteiger charge is 2.29. The van der Waals surface area contributed by atoms with E-state index < -0.39 is 0 Å². The molecule has 1 aliphatic heterocycles. The largest absolute Gasteiger partial charge is 0.342 e. The Kier molecular flexibility index (Phi) is 6.45. The molecule has 3 unspecified atom stereocenters. The summed E-state index contributed by atoms with van der Waals surface area (Å²) in [5, 5.41) is 0. The van der Waals surface area contributed by atoms with E-state index in [1.165, 1.54) is 5.56 Å². The summed E-state index contributed by atoms with van der Waals surface area (Å²) in [5.41, 5.74) is 7.25. The molecule has 3 nitrogen and oxygen atoms in total. The van der Waals surface area contributed by atoms with Crippen LogP contribution in [0.25, 0.3) is 0 Å². The number of benzene rings is 1. The number of amides is 1. The average molecular weight is 367 g/mol. The van der Waals surface area contributed by atoms with Crippen molar-refractivity contribution in [2.24, 2.45) is 17.6 Å². The quantitative estimate of drug-likeness (QED) is 0.864. The standard InChI is InChI=1S/C18H27BrN2O/c1-3-14(11-15-7-4-5-9-17(15)19)18(22)21-10-6-8-16(12-21)13(2)20/h4-5,7,9,13-14,16H,3,6,8,10-12,20H2,1-2H3. The van der Waals surface area contributed by atoms with Crippen molar-refractivity contribution in [3.63, 3.8) is 0 Å². The third kappa shape index (κ3) is 4.32. The molecule has 1 aromatic carbocycles. The Morgan fingerprint density at radius 2 is 2.18 bits per heavy atom. The van der Waals surface area contributed by atoms with Crippen LogP contribution >= 0.6 is 15.9 Å². The van der Waals surface area contributed by atoms with Gasteiger partial charge in [-0.2, -0.15) is 0 Å². The zero-order valence-corrected chi connectivity index (χ0v) is 15.2. The zero-order valence-electron chi connectivity index (χ0n) is 13.6. The van der Waals surface area contributed by atoms with Crippen molar-refractivity contribution in [3.05, 3.63) is 34.3 Å². The molecule has 0 aromatic heterocycles. The SMILES string of the molecule is CCC(Cc1ccccc1Br)C(=O)N1CCCC(C(C)N)C1. The summed E-state index contributed by atoms with van der Waals surface area (Å²) in [5.74, 6) is 0.799. The molecule has 0 aliphatic carbocycles. The fraction of sp³-hybridized carbons (Fsp3) is 0.611. The van der Waals surface area contributed by atoms with Crippen molar-refractivity contribution in [1.82, 2.24) is 4.90 Å². The van der Waals surface area contributed by atoms with Crippen LogP contribution in [0.3, 0.4) is 0 Å². The monoisotopic (exact) mass is 366 g/mol. The van der Waals surface area contributed by atoms with Crippen LogP contribution in [0, 0.1) is 11.8 Å². The predicted molar refractivity (Wildman–Crippen MR) is 94.6 cm³/mol. The van der Waals surface area contributed by atoms with Crippen molar-refractivity contribution < 1.29 is 4.79 Å². The molecule has 0 saturated carbocycles. The third-order valence-corrected chi connectivity index (χ3v) is 5.55. The van der Waals surface area contributed by atoms with E-state index >= 15 is 0 Å². The van der Waals surface area contributed by atoms with Crippen LogP contribution in [0.1, 0.15) is 38.7 Å². The number of hydrogen-bond acceptors (Lipinski definition) is 2. The number of hydrogen-bond donors (Lipinski definition) is 1. The highest BCUT2D eigenvalue weighted by molar-refractivity contribution is 9.10. The Labute approximate surface area is 142 Å². The number of rotatable bonds is 5. The molecule has 1 heterocycles. The van der Waals surface area contributed by atoms with Crippen LogP contribution in [0.15, 0.2) is 28.7 Å². The van der Waals surface area contributed by atoms with Crippen LogP contribution in [-0.2, 0) is 11.2 Å². The number of piperidine rings is 1. The molecule has 1 aromatic rings. The van der Waals surface area contributed by atoms with Crippen LogP contribution in [-0.4, -0.2) is 29.9 Å². The number of likely N-dealkylation sites (tertiary alicyclic amines) is 1. The molecule has 2 rings (SSSR count). The first-order chi connectivity index (χ1) is 10.5. The predicted octanol–water partition coefficient (Wildman–Crippen LogP) is 3.60. The second-order valence-electron chi connectivity index (χ2n) is 6.45. The van der Waals surface area contributed by atoms with E-state index in [9.17, 15) is 4.79 Å². The molecule has 122 valence electrons. The summed E-state index contributed by atoms with van der Waals surface area (Å²) in [4.78, 5) is 14.9. The Hall–Kier alpha value is -0.870. The summed E-state index contributed by atoms with van der Waals surface area (Å²) in [7, 11) is 0. The van der Waals surface area contributed by atoms with Gasteiger partial charge in [0, 0.05) is 29.5 Å². The maximum absolute atomic E-state index is 12.9. The van der Waals surface area contributed by atoms with Gasteiger partial charge in [-0.25, -0.2) is 0 Å². The molecular formula is C18H27BrN2O. The number of nitrogens with zero attached hydrogens (tertiary/aromatic N) is 1. The first-order valence-corrected chi connectivity index (χ1v) is 9.10. The van der Waals surface area contributed by atoms with E-state index in [1.54, 1.807) is 0 Å². The molecule has 1 amide bonds. The summed E-state index contributed by atoms with van der Waals surface area (Å²) >= 11 is 3.59. The van der Waals surface area contributed by atoms with Gasteiger partial charge in [0.15, 0.2) is 0 Å². The van der Waals surface area contributed by atoms with Gasteiger partial charge in [-0.05, 0) is 50.2 Å². The minimum Gasteiger partial charge on any atom is -0.342 e. The van der Waals surface area contributed by atoms with Crippen molar-refractivity contribution in [3.8, 4) is 0 Å². The third-order valence-electron chi connectivity index (χ3n) is 4.78. The van der Waals surface area contributed by atoms with E-state index in [1.807, 2.05) is 23.1 Å². The first kappa shape index (κ1) is 17.5. The van der Waals surface area contributed by atoms with Crippen LogP contribution in [0.4, 0.5) is 0 Å². The number of nitrogens with two attached hydrogens (primary N) is 1. The van der Waals surface area contributed by atoms with Gasteiger partial charge in [-0.1, -0.05) is 41.1 Å². The summed E-state index contributed by atoms with van der Waals surface area (Å²) in [6.07, 6.45) is 3.89.